The largest absolute Gasteiger partial charge is 0.457 e. The minimum Gasteiger partial charge on any atom is -0.457 e. The van der Waals surface area contributed by atoms with Gasteiger partial charge >= 0.3 is 0 Å². The summed E-state index contributed by atoms with van der Waals surface area (Å²) < 4.78 is 5.87. The van der Waals surface area contributed by atoms with Gasteiger partial charge in [-0.15, -0.1) is 0 Å². The molecule has 166 valence electrons. The third-order valence-corrected chi connectivity index (χ3v) is 5.25. The van der Waals surface area contributed by atoms with Crippen molar-refractivity contribution in [3.63, 3.8) is 0 Å². The first kappa shape index (κ1) is 23.0. The van der Waals surface area contributed by atoms with E-state index in [0.717, 1.165) is 29.9 Å². The van der Waals surface area contributed by atoms with E-state index in [2.05, 4.69) is 33.2 Å². The molecule has 3 rings (SSSR count). The summed E-state index contributed by atoms with van der Waals surface area (Å²) in [6.45, 7) is 0.612. The molecule has 7 nitrogen and oxygen atoms in total. The lowest BCUT2D eigenvalue weighted by molar-refractivity contribution is 0.482. The molecule has 0 radical (unpaired) electrons. The minimum absolute atomic E-state index is 0.454. The molecule has 32 heavy (non-hydrogen) atoms. The van der Waals surface area contributed by atoms with Crippen molar-refractivity contribution >= 4 is 13.8 Å². The van der Waals surface area contributed by atoms with Crippen LogP contribution in [0.3, 0.4) is 0 Å². The number of nitrogens with one attached hydrogen (secondary N) is 3. The highest BCUT2D eigenvalue weighted by molar-refractivity contribution is 6.05. The smallest absolute Gasteiger partial charge is 0.213 e. The number of hydrogen-bond donors (Lipinski definition) is 5. The number of rotatable bonds is 9. The monoisotopic (exact) mass is 430 g/mol. The van der Waals surface area contributed by atoms with Crippen LogP contribution in [0.15, 0.2) is 94.9 Å². The van der Waals surface area contributed by atoms with Crippen LogP contribution in [-0.2, 0) is 0 Å². The number of nitrogens with zero attached hydrogens (tertiary/aromatic N) is 1. The number of hydrogen-bond acceptors (Lipinski definition) is 6. The fourth-order valence-electron chi connectivity index (χ4n) is 3.54. The van der Waals surface area contributed by atoms with Crippen molar-refractivity contribution in [3.05, 3.63) is 95.4 Å². The van der Waals surface area contributed by atoms with Gasteiger partial charge < -0.3 is 32.2 Å². The molecule has 0 spiro atoms. The Kier molecular flexibility index (Phi) is 8.40. The van der Waals surface area contributed by atoms with Gasteiger partial charge in [-0.3, -0.25) is 0 Å². The van der Waals surface area contributed by atoms with Gasteiger partial charge in [0.05, 0.1) is 6.04 Å². The average Bonchev–Trinajstić information content (AvgIpc) is 2.84. The van der Waals surface area contributed by atoms with Crippen LogP contribution in [0.5, 0.6) is 11.5 Å². The Bertz CT molecular complexity index is 999. The first-order valence-corrected chi connectivity index (χ1v) is 10.7. The molecule has 0 aliphatic heterocycles. The van der Waals surface area contributed by atoms with Crippen LogP contribution in [-0.4, -0.2) is 27.4 Å². The van der Waals surface area contributed by atoms with E-state index in [-0.39, 0.29) is 0 Å². The molecule has 1 atom stereocenters. The topological polar surface area (TPSA) is 110 Å². The first-order valence-electron chi connectivity index (χ1n) is 10.7. The predicted octanol–water partition coefficient (Wildman–Crippen LogP) is 2.19. The number of benzene rings is 2. The third-order valence-electron chi connectivity index (χ3n) is 5.25. The third kappa shape index (κ3) is 5.95. The highest BCUT2D eigenvalue weighted by Gasteiger charge is 2.18. The highest BCUT2D eigenvalue weighted by atomic mass is 16.5. The number of ether oxygens (including phenoxy) is 1. The van der Waals surface area contributed by atoms with Gasteiger partial charge in [-0.25, -0.2) is 0 Å². The maximum absolute atomic E-state index is 6.57. The lowest BCUT2D eigenvalue weighted by atomic mass is 9.98. The molecule has 0 amide bonds. The van der Waals surface area contributed by atoms with Gasteiger partial charge in [0, 0.05) is 31.1 Å². The second-order valence-corrected chi connectivity index (χ2v) is 7.32. The molecule has 8 heteroatoms. The van der Waals surface area contributed by atoms with Gasteiger partial charge in [0.1, 0.15) is 11.5 Å². The Morgan fingerprint density at radius 3 is 2.53 bits per heavy atom. The van der Waals surface area contributed by atoms with Gasteiger partial charge in [-0.2, -0.15) is 5.10 Å². The first-order chi connectivity index (χ1) is 15.7. The van der Waals surface area contributed by atoms with E-state index < -0.39 is 6.04 Å². The number of para-hydroxylation sites is 1. The summed E-state index contributed by atoms with van der Waals surface area (Å²) in [4.78, 5) is 0. The maximum atomic E-state index is 6.57. The number of nitrogens with two attached hydrogens (primary N) is 2. The zero-order chi connectivity index (χ0) is 22.8. The molecular formula is C24H31BN6O. The summed E-state index contributed by atoms with van der Waals surface area (Å²) in [7, 11) is 3.69. The van der Waals surface area contributed by atoms with Crippen LogP contribution < -0.4 is 32.2 Å². The fraction of sp³-hybridized carbons (Fsp3) is 0.208. The molecule has 0 saturated carbocycles. The zero-order valence-corrected chi connectivity index (χ0v) is 18.6. The summed E-state index contributed by atoms with van der Waals surface area (Å²) in [5.74, 6) is 2.13. The Labute approximate surface area is 190 Å². The van der Waals surface area contributed by atoms with Crippen LogP contribution in [0, 0.1) is 0 Å². The molecule has 1 aliphatic carbocycles. The Morgan fingerprint density at radius 1 is 1.16 bits per heavy atom. The lowest BCUT2D eigenvalue weighted by Gasteiger charge is -2.21. The second-order valence-electron chi connectivity index (χ2n) is 7.32. The van der Waals surface area contributed by atoms with E-state index in [1.165, 1.54) is 17.5 Å². The Hall–Kier alpha value is -3.65. The van der Waals surface area contributed by atoms with E-state index in [9.17, 15) is 0 Å². The van der Waals surface area contributed by atoms with Crippen molar-refractivity contribution in [1.82, 2.24) is 16.0 Å². The Balaban J connectivity index is 1.72. The number of hydrazone groups is 1. The highest BCUT2D eigenvalue weighted by Crippen LogP contribution is 2.25. The molecule has 1 unspecified atom stereocenters. The van der Waals surface area contributed by atoms with E-state index in [4.69, 9.17) is 16.2 Å². The zero-order valence-electron chi connectivity index (χ0n) is 18.6. The molecule has 0 bridgehead atoms. The molecule has 0 saturated heterocycles. The van der Waals surface area contributed by atoms with Crippen molar-refractivity contribution in [2.45, 2.75) is 18.9 Å². The van der Waals surface area contributed by atoms with Crippen LogP contribution in [0.1, 0.15) is 24.4 Å². The molecule has 7 N–H and O–H groups in total. The summed E-state index contributed by atoms with van der Waals surface area (Å²) in [6, 6.07) is 16.9. The van der Waals surface area contributed by atoms with E-state index in [1.807, 2.05) is 62.6 Å². The normalized spacial score (nSPS) is 15.3. The molecule has 2 aromatic carbocycles. The summed E-state index contributed by atoms with van der Waals surface area (Å²) in [6.07, 6.45) is 7.86. The van der Waals surface area contributed by atoms with Crippen LogP contribution in [0.25, 0.3) is 0 Å². The fourth-order valence-corrected chi connectivity index (χ4v) is 3.54. The molecular weight excluding hydrogens is 399 g/mol. The lowest BCUT2D eigenvalue weighted by Crippen LogP contribution is -2.34. The van der Waals surface area contributed by atoms with Crippen molar-refractivity contribution in [2.24, 2.45) is 16.6 Å². The van der Waals surface area contributed by atoms with Crippen molar-refractivity contribution < 1.29 is 4.74 Å². The quantitative estimate of drug-likeness (QED) is 0.181. The van der Waals surface area contributed by atoms with Crippen molar-refractivity contribution in [3.8, 4) is 11.5 Å². The van der Waals surface area contributed by atoms with Crippen LogP contribution in [0.4, 0.5) is 0 Å². The van der Waals surface area contributed by atoms with Gasteiger partial charge in [0.15, 0.2) is 5.84 Å². The van der Waals surface area contributed by atoms with Crippen LogP contribution in [0.2, 0.25) is 0 Å². The predicted molar refractivity (Wildman–Crippen MR) is 134 cm³/mol. The molecule has 0 fully saturated rings. The molecule has 0 aromatic heterocycles. The van der Waals surface area contributed by atoms with Crippen molar-refractivity contribution in [2.75, 3.05) is 13.6 Å². The van der Waals surface area contributed by atoms with Gasteiger partial charge in [-0.1, -0.05) is 42.5 Å². The van der Waals surface area contributed by atoms with Gasteiger partial charge in [0.2, 0.25) is 7.98 Å². The summed E-state index contributed by atoms with van der Waals surface area (Å²) in [5, 5.41) is 11.1. The van der Waals surface area contributed by atoms with Crippen LogP contribution >= 0.6 is 0 Å². The van der Waals surface area contributed by atoms with E-state index >= 15 is 0 Å². The maximum Gasteiger partial charge on any atom is 0.213 e. The van der Waals surface area contributed by atoms with E-state index in [0.29, 0.717) is 18.0 Å². The molecule has 1 aliphatic rings. The number of amidine groups is 1. The van der Waals surface area contributed by atoms with Gasteiger partial charge in [-0.05, 0) is 48.2 Å². The Morgan fingerprint density at radius 2 is 1.88 bits per heavy atom. The van der Waals surface area contributed by atoms with E-state index in [1.54, 1.807) is 7.05 Å². The standard InChI is InChI=1S/C24H31BN6O/c1-28-31-24(29-16-18-7-5-6-10-22(18)30-25)21(15-26)23(27)17-11-13-20(14-12-17)32-19-8-3-2-4-9-19/h2-5,7-9,11-15,23,28,30H,6,10,16,25-27H2,1H3,(H,29,31)/b21-15-. The summed E-state index contributed by atoms with van der Waals surface area (Å²) >= 11 is 0. The summed E-state index contributed by atoms with van der Waals surface area (Å²) in [5.41, 5.74) is 19.4. The second kappa shape index (κ2) is 11.7. The number of allylic oxidation sites excluding steroid dienone is 2. The molecule has 0 heterocycles. The molecule has 2 aromatic rings. The SMILES string of the molecule is BNC1=C(CNC(=NNC)/C(=C\N)C(N)c2ccc(Oc3ccccc3)cc2)C=CCC1. The minimum atomic E-state index is -0.454. The van der Waals surface area contributed by atoms with Crippen molar-refractivity contribution in [1.29, 1.82) is 0 Å². The van der Waals surface area contributed by atoms with Gasteiger partial charge in [0.25, 0.3) is 0 Å². The average molecular weight is 430 g/mol.